The number of hydrogen-bond acceptors (Lipinski definition) is 5. The second-order valence-corrected chi connectivity index (χ2v) is 5.49. The minimum atomic E-state index is -0.560. The maximum absolute atomic E-state index is 11.7. The molecule has 21 heavy (non-hydrogen) atoms. The molecule has 0 spiro atoms. The van der Waals surface area contributed by atoms with Gasteiger partial charge in [-0.15, -0.1) is 0 Å². The number of hydrogen-bond donors (Lipinski definition) is 3. The molecular formula is C13H23N5O3. The Morgan fingerprint density at radius 1 is 1.43 bits per heavy atom. The van der Waals surface area contributed by atoms with E-state index in [4.69, 9.17) is 10.5 Å². The lowest BCUT2D eigenvalue weighted by molar-refractivity contribution is -0.116. The Bertz CT molecular complexity index is 504. The minimum Gasteiger partial charge on any atom is -0.444 e. The van der Waals surface area contributed by atoms with Crippen LogP contribution in [0.1, 0.15) is 34.1 Å². The number of nitrogens with two attached hydrogens (primary N) is 1. The largest absolute Gasteiger partial charge is 0.444 e. The van der Waals surface area contributed by atoms with E-state index in [1.165, 1.54) is 6.20 Å². The van der Waals surface area contributed by atoms with Gasteiger partial charge in [0.05, 0.1) is 6.20 Å². The van der Waals surface area contributed by atoms with Gasteiger partial charge in [0.1, 0.15) is 17.1 Å². The van der Waals surface area contributed by atoms with Crippen LogP contribution in [0.15, 0.2) is 6.20 Å². The minimum absolute atomic E-state index is 0.121. The third-order valence-electron chi connectivity index (χ3n) is 2.47. The Kier molecular flexibility index (Phi) is 5.57. The van der Waals surface area contributed by atoms with Crippen LogP contribution in [0.5, 0.6) is 0 Å². The Hall–Kier alpha value is -2.25. The van der Waals surface area contributed by atoms with E-state index in [1.807, 2.05) is 6.92 Å². The number of alkyl carbamates (subject to hydrolysis) is 1. The van der Waals surface area contributed by atoms with Crippen LogP contribution in [0.25, 0.3) is 0 Å². The molecule has 0 aliphatic rings. The van der Waals surface area contributed by atoms with Crippen molar-refractivity contribution in [1.29, 1.82) is 0 Å². The molecule has 0 unspecified atom stereocenters. The summed E-state index contributed by atoms with van der Waals surface area (Å²) in [5.41, 5.74) is 5.72. The van der Waals surface area contributed by atoms with Gasteiger partial charge in [-0.25, -0.2) is 9.48 Å². The number of nitrogens with one attached hydrogen (secondary N) is 2. The van der Waals surface area contributed by atoms with Gasteiger partial charge in [0.25, 0.3) is 0 Å². The molecule has 2 amide bonds. The SMILES string of the molecule is CCn1ncc(NC(=O)CCNC(=O)OC(C)(C)C)c1N. The van der Waals surface area contributed by atoms with Crippen molar-refractivity contribution < 1.29 is 14.3 Å². The second-order valence-electron chi connectivity index (χ2n) is 5.49. The molecule has 1 rings (SSSR count). The maximum Gasteiger partial charge on any atom is 0.407 e. The van der Waals surface area contributed by atoms with Crippen LogP contribution < -0.4 is 16.4 Å². The van der Waals surface area contributed by atoms with E-state index in [0.29, 0.717) is 18.1 Å². The molecule has 1 aromatic rings. The Morgan fingerprint density at radius 2 is 2.10 bits per heavy atom. The number of nitrogen functional groups attached to an aromatic ring is 1. The summed E-state index contributed by atoms with van der Waals surface area (Å²) < 4.78 is 6.64. The summed E-state index contributed by atoms with van der Waals surface area (Å²) in [6.07, 6.45) is 1.07. The molecule has 0 saturated carbocycles. The van der Waals surface area contributed by atoms with Crippen molar-refractivity contribution in [3.8, 4) is 0 Å². The van der Waals surface area contributed by atoms with Gasteiger partial charge >= 0.3 is 6.09 Å². The third-order valence-corrected chi connectivity index (χ3v) is 2.47. The van der Waals surface area contributed by atoms with Crippen molar-refractivity contribution in [3.05, 3.63) is 6.20 Å². The van der Waals surface area contributed by atoms with Gasteiger partial charge in [0.15, 0.2) is 0 Å². The first-order valence-corrected chi connectivity index (χ1v) is 6.81. The number of carbonyl (C=O) groups excluding carboxylic acids is 2. The lowest BCUT2D eigenvalue weighted by Crippen LogP contribution is -2.34. The van der Waals surface area contributed by atoms with Crippen LogP contribution in [-0.4, -0.2) is 33.9 Å². The van der Waals surface area contributed by atoms with E-state index >= 15 is 0 Å². The highest BCUT2D eigenvalue weighted by Gasteiger charge is 2.16. The molecule has 8 heteroatoms. The Labute approximate surface area is 124 Å². The van der Waals surface area contributed by atoms with E-state index in [-0.39, 0.29) is 18.9 Å². The predicted molar refractivity (Wildman–Crippen MR) is 79.8 cm³/mol. The van der Waals surface area contributed by atoms with E-state index in [1.54, 1.807) is 25.5 Å². The topological polar surface area (TPSA) is 111 Å². The quantitative estimate of drug-likeness (QED) is 0.759. The van der Waals surface area contributed by atoms with Gasteiger partial charge in [0.2, 0.25) is 5.91 Å². The average Bonchev–Trinajstić information content (AvgIpc) is 2.68. The van der Waals surface area contributed by atoms with Crippen LogP contribution in [0.4, 0.5) is 16.3 Å². The fourth-order valence-electron chi connectivity index (χ4n) is 1.55. The van der Waals surface area contributed by atoms with Gasteiger partial charge in [0, 0.05) is 19.5 Å². The summed E-state index contributed by atoms with van der Waals surface area (Å²) in [6, 6.07) is 0. The lowest BCUT2D eigenvalue weighted by Gasteiger charge is -2.19. The molecule has 0 bridgehead atoms. The summed E-state index contributed by atoms with van der Waals surface area (Å²) in [5, 5.41) is 9.18. The Balaban J connectivity index is 2.34. The van der Waals surface area contributed by atoms with Gasteiger partial charge < -0.3 is 21.1 Å². The van der Waals surface area contributed by atoms with Crippen molar-refractivity contribution in [2.45, 2.75) is 46.3 Å². The predicted octanol–water partition coefficient (Wildman–Crippen LogP) is 1.34. The number of nitrogens with zero attached hydrogens (tertiary/aromatic N) is 2. The molecule has 0 aliphatic heterocycles. The first-order chi connectivity index (χ1) is 9.73. The van der Waals surface area contributed by atoms with Crippen molar-refractivity contribution in [3.63, 3.8) is 0 Å². The van der Waals surface area contributed by atoms with Gasteiger partial charge in [-0.3, -0.25) is 4.79 Å². The van der Waals surface area contributed by atoms with Crippen molar-refractivity contribution in [1.82, 2.24) is 15.1 Å². The highest BCUT2D eigenvalue weighted by Crippen LogP contribution is 2.17. The number of amides is 2. The number of carbonyl (C=O) groups is 2. The van der Waals surface area contributed by atoms with Crippen LogP contribution in [-0.2, 0) is 16.1 Å². The smallest absolute Gasteiger partial charge is 0.407 e. The molecule has 1 aromatic heterocycles. The molecule has 8 nitrogen and oxygen atoms in total. The highest BCUT2D eigenvalue weighted by atomic mass is 16.6. The van der Waals surface area contributed by atoms with Crippen LogP contribution >= 0.6 is 0 Å². The zero-order valence-corrected chi connectivity index (χ0v) is 12.9. The summed E-state index contributed by atoms with van der Waals surface area (Å²) in [6.45, 7) is 8.03. The molecule has 0 saturated heterocycles. The lowest BCUT2D eigenvalue weighted by atomic mass is 10.2. The number of rotatable bonds is 5. The number of ether oxygens (including phenoxy) is 1. The fraction of sp³-hybridized carbons (Fsp3) is 0.615. The Morgan fingerprint density at radius 3 is 2.62 bits per heavy atom. The summed E-state index contributed by atoms with van der Waals surface area (Å²) >= 11 is 0. The van der Waals surface area contributed by atoms with Crippen LogP contribution in [0, 0.1) is 0 Å². The first kappa shape index (κ1) is 16.8. The molecule has 0 aromatic carbocycles. The number of anilines is 2. The van der Waals surface area contributed by atoms with Gasteiger partial charge in [-0.2, -0.15) is 5.10 Å². The average molecular weight is 297 g/mol. The molecule has 0 fully saturated rings. The molecule has 0 radical (unpaired) electrons. The molecule has 0 aliphatic carbocycles. The van der Waals surface area contributed by atoms with E-state index in [2.05, 4.69) is 15.7 Å². The van der Waals surface area contributed by atoms with E-state index in [9.17, 15) is 9.59 Å². The highest BCUT2D eigenvalue weighted by molar-refractivity contribution is 5.93. The zero-order valence-electron chi connectivity index (χ0n) is 12.9. The molecule has 1 heterocycles. The number of aromatic nitrogens is 2. The van der Waals surface area contributed by atoms with E-state index in [0.717, 1.165) is 0 Å². The molecular weight excluding hydrogens is 274 g/mol. The summed E-state index contributed by atoms with van der Waals surface area (Å²) in [7, 11) is 0. The second kappa shape index (κ2) is 6.96. The van der Waals surface area contributed by atoms with Crippen LogP contribution in [0.3, 0.4) is 0 Å². The first-order valence-electron chi connectivity index (χ1n) is 6.81. The van der Waals surface area contributed by atoms with Gasteiger partial charge in [-0.1, -0.05) is 0 Å². The molecule has 0 atom stereocenters. The van der Waals surface area contributed by atoms with E-state index < -0.39 is 11.7 Å². The maximum atomic E-state index is 11.7. The molecule has 118 valence electrons. The standard InChI is InChI=1S/C13H23N5O3/c1-5-18-11(14)9(8-16-18)17-10(19)6-7-15-12(20)21-13(2,3)4/h8H,5-7,14H2,1-4H3,(H,15,20)(H,17,19). The van der Waals surface area contributed by atoms with Crippen molar-refractivity contribution in [2.24, 2.45) is 0 Å². The monoisotopic (exact) mass is 297 g/mol. The fourth-order valence-corrected chi connectivity index (χ4v) is 1.55. The van der Waals surface area contributed by atoms with Crippen molar-refractivity contribution >= 4 is 23.5 Å². The van der Waals surface area contributed by atoms with Crippen molar-refractivity contribution in [2.75, 3.05) is 17.6 Å². The summed E-state index contributed by atoms with van der Waals surface area (Å²) in [5.74, 6) is 0.152. The third kappa shape index (κ3) is 5.72. The summed E-state index contributed by atoms with van der Waals surface area (Å²) in [4.78, 5) is 23.1. The van der Waals surface area contributed by atoms with Crippen LogP contribution in [0.2, 0.25) is 0 Å². The van der Waals surface area contributed by atoms with Gasteiger partial charge in [-0.05, 0) is 27.7 Å². The normalized spacial score (nSPS) is 11.0. The zero-order chi connectivity index (χ0) is 16.0. The molecule has 4 N–H and O–H groups in total. The number of aryl methyl sites for hydroxylation is 1.